The molecule has 6 heteroatoms. The maximum atomic E-state index is 12.7. The second kappa shape index (κ2) is 7.11. The number of hydrogen-bond acceptors (Lipinski definition) is 5. The molecule has 1 aliphatic rings. The van der Waals surface area contributed by atoms with Crippen molar-refractivity contribution in [1.82, 2.24) is 9.72 Å². The quantitative estimate of drug-likeness (QED) is 0.497. The number of ketones is 1. The van der Waals surface area contributed by atoms with Crippen molar-refractivity contribution in [2.24, 2.45) is 0 Å². The number of ether oxygens (including phenoxy) is 1. The largest absolute Gasteiger partial charge is 0.451 e. The summed E-state index contributed by atoms with van der Waals surface area (Å²) in [5, 5.41) is 3.65. The summed E-state index contributed by atoms with van der Waals surface area (Å²) in [5.41, 5.74) is 6.80. The van der Waals surface area contributed by atoms with Crippen molar-refractivity contribution in [3.63, 3.8) is 0 Å². The van der Waals surface area contributed by atoms with E-state index in [0.717, 1.165) is 29.9 Å². The van der Waals surface area contributed by atoms with Crippen molar-refractivity contribution in [2.75, 3.05) is 6.61 Å². The molecule has 4 rings (SSSR count). The fourth-order valence-electron chi connectivity index (χ4n) is 3.88. The average Bonchev–Trinajstić information content (AvgIpc) is 3.38. The molecule has 1 aliphatic carbocycles. The Balaban J connectivity index is 1.53. The van der Waals surface area contributed by atoms with Crippen LogP contribution < -0.4 is 0 Å². The van der Waals surface area contributed by atoms with Gasteiger partial charge in [-0.1, -0.05) is 11.2 Å². The Hall–Kier alpha value is -3.15. The number of hydrogen-bond donors (Lipinski definition) is 0. The van der Waals surface area contributed by atoms with Gasteiger partial charge in [0.15, 0.2) is 6.61 Å². The van der Waals surface area contributed by atoms with Gasteiger partial charge in [-0.2, -0.15) is 0 Å². The van der Waals surface area contributed by atoms with Gasteiger partial charge in [0.1, 0.15) is 0 Å². The molecule has 0 amide bonds. The number of carbonyl (C=O) groups is 2. The number of aryl methyl sites for hydroxylation is 4. The van der Waals surface area contributed by atoms with E-state index in [1.807, 2.05) is 19.9 Å². The van der Waals surface area contributed by atoms with Crippen LogP contribution in [-0.2, 0) is 17.6 Å². The molecule has 2 aromatic heterocycles. The Morgan fingerprint density at radius 2 is 1.89 bits per heavy atom. The molecule has 0 spiro atoms. The lowest BCUT2D eigenvalue weighted by molar-refractivity contribution is 0.0435. The maximum absolute atomic E-state index is 12.7. The summed E-state index contributed by atoms with van der Waals surface area (Å²) in [4.78, 5) is 24.6. The molecule has 0 aliphatic heterocycles. The van der Waals surface area contributed by atoms with Crippen LogP contribution in [0.5, 0.6) is 0 Å². The van der Waals surface area contributed by atoms with Gasteiger partial charge in [-0.3, -0.25) is 4.79 Å². The number of esters is 1. The highest BCUT2D eigenvalue weighted by molar-refractivity contribution is 6.00. The van der Waals surface area contributed by atoms with Crippen molar-refractivity contribution >= 4 is 11.8 Å². The van der Waals surface area contributed by atoms with Crippen molar-refractivity contribution in [1.29, 1.82) is 0 Å². The molecule has 0 N–H and O–H groups in total. The Morgan fingerprint density at radius 1 is 1.11 bits per heavy atom. The number of fused-ring (bicyclic) bond motifs is 1. The predicted molar refractivity (Wildman–Crippen MR) is 103 cm³/mol. The fraction of sp³-hybridized carbons (Fsp3) is 0.318. The lowest BCUT2D eigenvalue weighted by Crippen LogP contribution is -2.14. The van der Waals surface area contributed by atoms with Crippen LogP contribution in [-0.4, -0.2) is 28.1 Å². The fourth-order valence-corrected chi connectivity index (χ4v) is 3.88. The summed E-state index contributed by atoms with van der Waals surface area (Å²) >= 11 is 0. The molecule has 0 radical (unpaired) electrons. The average molecular weight is 378 g/mol. The standard InChI is InChI=1S/C22H22N2O4/c1-13-9-21(28-23-13)22(26)27-12-20(25)19-10-14(2)24(15(19)3)18-8-7-16-5-4-6-17(16)11-18/h7-11H,4-6,12H2,1-3H3. The van der Waals surface area contributed by atoms with Gasteiger partial charge in [-0.25, -0.2) is 4.79 Å². The van der Waals surface area contributed by atoms with Crippen LogP contribution in [0.15, 0.2) is 34.9 Å². The van der Waals surface area contributed by atoms with Crippen LogP contribution in [0.3, 0.4) is 0 Å². The second-order valence-electron chi connectivity index (χ2n) is 7.26. The Kier molecular flexibility index (Phi) is 4.63. The van der Waals surface area contributed by atoms with E-state index in [9.17, 15) is 9.59 Å². The zero-order valence-corrected chi connectivity index (χ0v) is 16.2. The van der Waals surface area contributed by atoms with Gasteiger partial charge in [0.2, 0.25) is 11.5 Å². The Labute approximate surface area is 163 Å². The number of carbonyl (C=O) groups excluding carboxylic acids is 2. The number of benzene rings is 1. The van der Waals surface area contributed by atoms with E-state index in [-0.39, 0.29) is 18.2 Å². The molecule has 0 saturated heterocycles. The minimum absolute atomic E-state index is 0.00564. The van der Waals surface area contributed by atoms with Crippen LogP contribution in [0.4, 0.5) is 0 Å². The summed E-state index contributed by atoms with van der Waals surface area (Å²) in [6.45, 7) is 5.25. The van der Waals surface area contributed by atoms with Gasteiger partial charge < -0.3 is 13.8 Å². The van der Waals surface area contributed by atoms with Gasteiger partial charge in [-0.05, 0) is 69.4 Å². The van der Waals surface area contributed by atoms with Crippen LogP contribution in [0.1, 0.15) is 55.5 Å². The second-order valence-corrected chi connectivity index (χ2v) is 7.26. The molecule has 0 saturated carbocycles. The number of nitrogens with zero attached hydrogens (tertiary/aromatic N) is 2. The number of rotatable bonds is 5. The monoisotopic (exact) mass is 378 g/mol. The molecule has 6 nitrogen and oxygen atoms in total. The lowest BCUT2D eigenvalue weighted by Gasteiger charge is -2.12. The first kappa shape index (κ1) is 18.2. The van der Waals surface area contributed by atoms with Crippen LogP contribution in [0.2, 0.25) is 0 Å². The third-order valence-electron chi connectivity index (χ3n) is 5.24. The molecule has 0 unspecified atom stereocenters. The van der Waals surface area contributed by atoms with E-state index in [0.29, 0.717) is 11.3 Å². The molecule has 0 atom stereocenters. The molecule has 28 heavy (non-hydrogen) atoms. The minimum Gasteiger partial charge on any atom is -0.451 e. The zero-order chi connectivity index (χ0) is 19.8. The van der Waals surface area contributed by atoms with Crippen LogP contribution in [0.25, 0.3) is 5.69 Å². The first-order valence-electron chi connectivity index (χ1n) is 9.39. The molecule has 1 aromatic carbocycles. The van der Waals surface area contributed by atoms with Crippen molar-refractivity contribution in [3.8, 4) is 5.69 Å². The number of aromatic nitrogens is 2. The molecule has 144 valence electrons. The highest BCUT2D eigenvalue weighted by Gasteiger charge is 2.21. The summed E-state index contributed by atoms with van der Waals surface area (Å²) in [6, 6.07) is 9.82. The zero-order valence-electron chi connectivity index (χ0n) is 16.2. The Bertz CT molecular complexity index is 1070. The summed E-state index contributed by atoms with van der Waals surface area (Å²) < 4.78 is 12.0. The molecule has 3 aromatic rings. The van der Waals surface area contributed by atoms with Gasteiger partial charge in [0.05, 0.1) is 5.69 Å². The van der Waals surface area contributed by atoms with E-state index < -0.39 is 5.97 Å². The summed E-state index contributed by atoms with van der Waals surface area (Å²) in [7, 11) is 0. The van der Waals surface area contributed by atoms with Gasteiger partial charge in [0, 0.05) is 28.7 Å². The molecular formula is C22H22N2O4. The topological polar surface area (TPSA) is 74.3 Å². The van der Waals surface area contributed by atoms with Crippen molar-refractivity contribution in [2.45, 2.75) is 40.0 Å². The lowest BCUT2D eigenvalue weighted by atomic mass is 10.1. The Morgan fingerprint density at radius 3 is 2.64 bits per heavy atom. The molecule has 2 heterocycles. The van der Waals surface area contributed by atoms with E-state index in [4.69, 9.17) is 9.26 Å². The third kappa shape index (κ3) is 3.26. The van der Waals surface area contributed by atoms with Crippen LogP contribution in [0, 0.1) is 20.8 Å². The van der Waals surface area contributed by atoms with E-state index in [2.05, 4.69) is 27.9 Å². The smallest absolute Gasteiger partial charge is 0.377 e. The SMILES string of the molecule is Cc1cc(C(=O)OCC(=O)c2cc(C)n(-c3ccc4c(c3)CCC4)c2C)on1. The highest BCUT2D eigenvalue weighted by atomic mass is 16.6. The molecule has 0 bridgehead atoms. The first-order chi connectivity index (χ1) is 13.4. The van der Waals surface area contributed by atoms with Gasteiger partial charge in [-0.15, -0.1) is 0 Å². The first-order valence-corrected chi connectivity index (χ1v) is 9.39. The van der Waals surface area contributed by atoms with Gasteiger partial charge in [0.25, 0.3) is 0 Å². The predicted octanol–water partition coefficient (Wildman–Crippen LogP) is 3.92. The molecule has 0 fully saturated rings. The highest BCUT2D eigenvalue weighted by Crippen LogP contribution is 2.27. The van der Waals surface area contributed by atoms with E-state index >= 15 is 0 Å². The van der Waals surface area contributed by atoms with Crippen LogP contribution >= 0.6 is 0 Å². The normalized spacial score (nSPS) is 12.8. The van der Waals surface area contributed by atoms with E-state index in [1.165, 1.54) is 23.6 Å². The third-order valence-corrected chi connectivity index (χ3v) is 5.24. The van der Waals surface area contributed by atoms with E-state index in [1.54, 1.807) is 6.92 Å². The van der Waals surface area contributed by atoms with Gasteiger partial charge >= 0.3 is 5.97 Å². The number of Topliss-reactive ketones (excluding diaryl/α,β-unsaturated/α-hetero) is 1. The van der Waals surface area contributed by atoms with Crippen molar-refractivity contribution in [3.05, 3.63) is 69.9 Å². The summed E-state index contributed by atoms with van der Waals surface area (Å²) in [6.07, 6.45) is 3.44. The minimum atomic E-state index is -0.693. The maximum Gasteiger partial charge on any atom is 0.377 e. The molecular weight excluding hydrogens is 356 g/mol. The summed E-state index contributed by atoms with van der Waals surface area (Å²) in [5.74, 6) is -0.944. The van der Waals surface area contributed by atoms with Crippen molar-refractivity contribution < 1.29 is 18.8 Å².